The average molecular weight is 590 g/mol. The molecule has 1 saturated carbocycles. The van der Waals surface area contributed by atoms with Crippen molar-refractivity contribution in [2.45, 2.75) is 104 Å². The second-order valence-electron chi connectivity index (χ2n) is 11.9. The monoisotopic (exact) mass is 589 g/mol. The van der Waals surface area contributed by atoms with E-state index in [1.54, 1.807) is 0 Å². The van der Waals surface area contributed by atoms with Crippen LogP contribution in [0.4, 0.5) is 10.5 Å². The maximum absolute atomic E-state index is 13.9. The van der Waals surface area contributed by atoms with Crippen LogP contribution < -0.4 is 15.4 Å². The molecule has 4 rings (SSSR count). The van der Waals surface area contributed by atoms with E-state index in [1.807, 2.05) is 42.5 Å². The third kappa shape index (κ3) is 9.59. The molecule has 1 fully saturated rings. The molecular formula is C36H51N3O4. The Labute approximate surface area is 257 Å². The number of benzene rings is 2. The van der Waals surface area contributed by atoms with Gasteiger partial charge in [-0.2, -0.15) is 0 Å². The first-order chi connectivity index (χ1) is 21.0. The van der Waals surface area contributed by atoms with E-state index in [0.717, 1.165) is 75.7 Å². The molecule has 2 N–H and O–H groups in total. The summed E-state index contributed by atoms with van der Waals surface area (Å²) < 4.78 is 12.2. The van der Waals surface area contributed by atoms with E-state index in [4.69, 9.17) is 9.15 Å². The number of hydrogen-bond donors (Lipinski definition) is 2. The summed E-state index contributed by atoms with van der Waals surface area (Å²) in [6, 6.07) is 13.0. The quantitative estimate of drug-likeness (QED) is 0.114. The lowest BCUT2D eigenvalue weighted by molar-refractivity contribution is 0.103. The summed E-state index contributed by atoms with van der Waals surface area (Å²) in [6.07, 6.45) is 12.8. The Balaban J connectivity index is 1.42. The molecule has 7 nitrogen and oxygen atoms in total. The van der Waals surface area contributed by atoms with E-state index in [9.17, 15) is 9.59 Å². The lowest BCUT2D eigenvalue weighted by Crippen LogP contribution is -2.36. The molecule has 0 unspecified atom stereocenters. The Hall–Kier alpha value is -3.32. The molecule has 0 atom stereocenters. The number of unbranched alkanes of at least 4 members (excludes halogenated alkanes) is 3. The van der Waals surface area contributed by atoms with Gasteiger partial charge in [0.05, 0.1) is 12.2 Å². The Kier molecular flexibility index (Phi) is 13.0. The van der Waals surface area contributed by atoms with Crippen molar-refractivity contribution < 1.29 is 18.7 Å². The first-order valence-corrected chi connectivity index (χ1v) is 16.6. The normalized spacial score (nSPS) is 13.6. The van der Waals surface area contributed by atoms with Gasteiger partial charge in [0.2, 0.25) is 0 Å². The minimum atomic E-state index is -0.209. The second-order valence-corrected chi connectivity index (χ2v) is 11.9. The summed E-state index contributed by atoms with van der Waals surface area (Å²) in [5.41, 5.74) is 2.47. The van der Waals surface area contributed by atoms with Crippen molar-refractivity contribution in [1.82, 2.24) is 10.2 Å². The van der Waals surface area contributed by atoms with Crippen LogP contribution in [0.15, 0.2) is 46.9 Å². The zero-order chi connectivity index (χ0) is 30.4. The summed E-state index contributed by atoms with van der Waals surface area (Å²) in [6.45, 7) is 10.6. The van der Waals surface area contributed by atoms with Crippen molar-refractivity contribution in [3.8, 4) is 5.75 Å². The Bertz CT molecular complexity index is 1290. The van der Waals surface area contributed by atoms with E-state index >= 15 is 0 Å². The molecule has 2 aromatic carbocycles. The van der Waals surface area contributed by atoms with Gasteiger partial charge in [-0.25, -0.2) is 4.79 Å². The number of nitrogens with zero attached hydrogens (tertiary/aromatic N) is 1. The topological polar surface area (TPSA) is 83.8 Å². The maximum Gasteiger partial charge on any atom is 0.319 e. The van der Waals surface area contributed by atoms with Gasteiger partial charge in [0.15, 0.2) is 5.78 Å². The summed E-state index contributed by atoms with van der Waals surface area (Å²) in [5.74, 6) is 1.39. The van der Waals surface area contributed by atoms with Gasteiger partial charge >= 0.3 is 6.03 Å². The standard InChI is InChI=1S/C36H51N3O4/c1-4-7-15-33-34(31-26-29(18-21-32(31)43-33)38-36(41)37-28-13-10-11-14-28)35(40)27-16-19-30(20-17-27)42-25-12-24-39(22-8-5-2)23-9-6-3/h16-21,26,28H,4-15,22-25H2,1-3H3,(H2,37,38,41). The molecule has 1 heterocycles. The van der Waals surface area contributed by atoms with Crippen molar-refractivity contribution in [2.75, 3.05) is 31.6 Å². The molecule has 1 aliphatic rings. The van der Waals surface area contributed by atoms with Crippen LogP contribution >= 0.6 is 0 Å². The highest BCUT2D eigenvalue weighted by atomic mass is 16.5. The molecule has 43 heavy (non-hydrogen) atoms. The SMILES string of the molecule is CCCCc1oc2ccc(NC(=O)NC3CCCC3)cc2c1C(=O)c1ccc(OCCCN(CCCC)CCCC)cc1. The molecule has 0 spiro atoms. The molecule has 7 heteroatoms. The van der Waals surface area contributed by atoms with Crippen molar-refractivity contribution in [3.63, 3.8) is 0 Å². The van der Waals surface area contributed by atoms with Crippen LogP contribution in [0.25, 0.3) is 11.0 Å². The van der Waals surface area contributed by atoms with Crippen molar-refractivity contribution in [1.29, 1.82) is 0 Å². The average Bonchev–Trinajstić information content (AvgIpc) is 3.66. The van der Waals surface area contributed by atoms with E-state index in [2.05, 4.69) is 36.3 Å². The first-order valence-electron chi connectivity index (χ1n) is 16.6. The number of ketones is 1. The third-order valence-corrected chi connectivity index (χ3v) is 8.35. The second kappa shape index (κ2) is 17.1. The highest BCUT2D eigenvalue weighted by Gasteiger charge is 2.23. The number of amides is 2. The number of furan rings is 1. The maximum atomic E-state index is 13.9. The minimum absolute atomic E-state index is 0.0774. The fraction of sp³-hybridized carbons (Fsp3) is 0.556. The van der Waals surface area contributed by atoms with Gasteiger partial charge in [-0.05, 0) is 94.1 Å². The van der Waals surface area contributed by atoms with Crippen LogP contribution in [0.3, 0.4) is 0 Å². The molecule has 2 amide bonds. The molecular weight excluding hydrogens is 538 g/mol. The third-order valence-electron chi connectivity index (χ3n) is 8.35. The van der Waals surface area contributed by atoms with E-state index in [1.165, 1.54) is 25.7 Å². The Morgan fingerprint density at radius 2 is 1.56 bits per heavy atom. The van der Waals surface area contributed by atoms with Crippen LogP contribution in [-0.4, -0.2) is 49.0 Å². The molecule has 1 aliphatic carbocycles. The number of rotatable bonds is 18. The lowest BCUT2D eigenvalue weighted by Gasteiger charge is -2.21. The molecule has 234 valence electrons. The number of carbonyl (C=O) groups excluding carboxylic acids is 2. The predicted molar refractivity (Wildman–Crippen MR) is 175 cm³/mol. The van der Waals surface area contributed by atoms with E-state index in [0.29, 0.717) is 41.2 Å². The number of urea groups is 1. The summed E-state index contributed by atoms with van der Waals surface area (Å²) in [5, 5.41) is 6.74. The van der Waals surface area contributed by atoms with Crippen molar-refractivity contribution >= 4 is 28.5 Å². The van der Waals surface area contributed by atoms with Gasteiger partial charge in [0.25, 0.3) is 0 Å². The zero-order valence-corrected chi connectivity index (χ0v) is 26.5. The Morgan fingerprint density at radius 3 is 2.23 bits per heavy atom. The van der Waals surface area contributed by atoms with Gasteiger partial charge in [-0.1, -0.05) is 52.9 Å². The molecule has 0 saturated heterocycles. The first kappa shape index (κ1) is 32.6. The number of aryl methyl sites for hydroxylation is 1. The van der Waals surface area contributed by atoms with Crippen LogP contribution in [-0.2, 0) is 6.42 Å². The zero-order valence-electron chi connectivity index (χ0n) is 26.5. The number of carbonyl (C=O) groups is 2. The number of fused-ring (bicyclic) bond motifs is 1. The van der Waals surface area contributed by atoms with Crippen molar-refractivity contribution in [2.24, 2.45) is 0 Å². The van der Waals surface area contributed by atoms with Gasteiger partial charge in [-0.15, -0.1) is 0 Å². The van der Waals surface area contributed by atoms with Gasteiger partial charge in [0.1, 0.15) is 17.1 Å². The Morgan fingerprint density at radius 1 is 0.884 bits per heavy atom. The van der Waals surface area contributed by atoms with Crippen LogP contribution in [0, 0.1) is 0 Å². The highest BCUT2D eigenvalue weighted by molar-refractivity contribution is 6.17. The van der Waals surface area contributed by atoms with Gasteiger partial charge in [-0.3, -0.25) is 4.79 Å². The molecule has 3 aromatic rings. The fourth-order valence-corrected chi connectivity index (χ4v) is 5.84. The van der Waals surface area contributed by atoms with Crippen LogP contribution in [0.2, 0.25) is 0 Å². The molecule has 0 aliphatic heterocycles. The van der Waals surface area contributed by atoms with Gasteiger partial charge in [0, 0.05) is 35.6 Å². The van der Waals surface area contributed by atoms with Crippen molar-refractivity contribution in [3.05, 3.63) is 59.4 Å². The minimum Gasteiger partial charge on any atom is -0.494 e. The lowest BCUT2D eigenvalue weighted by atomic mass is 9.98. The number of ether oxygens (including phenoxy) is 1. The summed E-state index contributed by atoms with van der Waals surface area (Å²) >= 11 is 0. The molecule has 0 bridgehead atoms. The number of anilines is 1. The molecule has 1 aromatic heterocycles. The van der Waals surface area contributed by atoms with E-state index < -0.39 is 0 Å². The van der Waals surface area contributed by atoms with Crippen LogP contribution in [0.1, 0.15) is 113 Å². The smallest absolute Gasteiger partial charge is 0.319 e. The largest absolute Gasteiger partial charge is 0.494 e. The summed E-state index contributed by atoms with van der Waals surface area (Å²) in [7, 11) is 0. The predicted octanol–water partition coefficient (Wildman–Crippen LogP) is 8.74. The summed E-state index contributed by atoms with van der Waals surface area (Å²) in [4.78, 5) is 29.0. The molecule has 0 radical (unpaired) electrons. The van der Waals surface area contributed by atoms with Gasteiger partial charge < -0.3 is 24.7 Å². The number of hydrogen-bond acceptors (Lipinski definition) is 5. The van der Waals surface area contributed by atoms with Crippen LogP contribution in [0.5, 0.6) is 5.75 Å². The fourth-order valence-electron chi connectivity index (χ4n) is 5.84. The highest BCUT2D eigenvalue weighted by Crippen LogP contribution is 2.32. The number of nitrogens with one attached hydrogen (secondary N) is 2. The van der Waals surface area contributed by atoms with E-state index in [-0.39, 0.29) is 17.9 Å².